The third-order valence-electron chi connectivity index (χ3n) is 5.43. The van der Waals surface area contributed by atoms with Gasteiger partial charge in [-0.15, -0.1) is 0 Å². The minimum atomic E-state index is -0.227. The van der Waals surface area contributed by atoms with Crippen LogP contribution in [0.15, 0.2) is 36.4 Å². The average molecular weight is 414 g/mol. The molecule has 1 aliphatic rings. The molecule has 1 heterocycles. The minimum Gasteiger partial charge on any atom is -0.496 e. The average Bonchev–Trinajstić information content (AvgIpc) is 2.78. The first kappa shape index (κ1) is 21.9. The summed E-state index contributed by atoms with van der Waals surface area (Å²) in [4.78, 5) is 17.6. The number of ether oxygens (including phenoxy) is 3. The fourth-order valence-corrected chi connectivity index (χ4v) is 3.51. The molecule has 0 unspecified atom stereocenters. The summed E-state index contributed by atoms with van der Waals surface area (Å²) in [7, 11) is 6.77. The van der Waals surface area contributed by atoms with Crippen LogP contribution in [-0.2, 0) is 13.1 Å². The molecule has 0 saturated carbocycles. The van der Waals surface area contributed by atoms with Crippen LogP contribution in [-0.4, -0.2) is 70.3 Å². The van der Waals surface area contributed by atoms with Crippen LogP contribution < -0.4 is 19.5 Å². The van der Waals surface area contributed by atoms with E-state index in [2.05, 4.69) is 46.4 Å². The summed E-state index contributed by atoms with van der Waals surface area (Å²) in [5, 5.41) is 2.95. The van der Waals surface area contributed by atoms with Crippen molar-refractivity contribution >= 4 is 5.91 Å². The first-order valence-corrected chi connectivity index (χ1v) is 10.1. The van der Waals surface area contributed by atoms with Crippen LogP contribution in [0.25, 0.3) is 0 Å². The van der Waals surface area contributed by atoms with Gasteiger partial charge in [0.2, 0.25) is 0 Å². The molecule has 1 aliphatic heterocycles. The number of hydrogen-bond acceptors (Lipinski definition) is 6. The van der Waals surface area contributed by atoms with Crippen LogP contribution in [0, 0.1) is 0 Å². The Kier molecular flexibility index (Phi) is 7.54. The highest BCUT2D eigenvalue weighted by Gasteiger charge is 2.18. The third kappa shape index (κ3) is 5.43. The number of carbonyl (C=O) groups excluding carboxylic acids is 1. The van der Waals surface area contributed by atoms with Crippen LogP contribution >= 0.6 is 0 Å². The Balaban J connectivity index is 1.59. The standard InChI is InChI=1S/C23H31N3O4/c1-25-9-11-26(12-10-25)16-18-7-5-17(6-8-18)15-24-23(27)19-13-21(29-3)22(30-4)14-20(19)28-2/h5-8,13-14H,9-12,15-16H2,1-4H3,(H,24,27). The van der Waals surface area contributed by atoms with Gasteiger partial charge in [-0.2, -0.15) is 0 Å². The molecule has 1 amide bonds. The lowest BCUT2D eigenvalue weighted by Crippen LogP contribution is -2.43. The number of hydrogen-bond donors (Lipinski definition) is 1. The van der Waals surface area contributed by atoms with E-state index in [-0.39, 0.29) is 5.91 Å². The quantitative estimate of drug-likeness (QED) is 0.717. The molecule has 1 saturated heterocycles. The van der Waals surface area contributed by atoms with Crippen molar-refractivity contribution in [1.29, 1.82) is 0 Å². The van der Waals surface area contributed by atoms with Crippen molar-refractivity contribution in [1.82, 2.24) is 15.1 Å². The molecule has 0 spiro atoms. The summed E-state index contributed by atoms with van der Waals surface area (Å²) in [5.74, 6) is 1.21. The third-order valence-corrected chi connectivity index (χ3v) is 5.43. The molecule has 162 valence electrons. The minimum absolute atomic E-state index is 0.227. The maximum absolute atomic E-state index is 12.7. The number of piperazine rings is 1. The highest BCUT2D eigenvalue weighted by Crippen LogP contribution is 2.34. The second-order valence-corrected chi connectivity index (χ2v) is 7.49. The largest absolute Gasteiger partial charge is 0.496 e. The Morgan fingerprint density at radius 1 is 0.867 bits per heavy atom. The fraction of sp³-hybridized carbons (Fsp3) is 0.435. The Hall–Kier alpha value is -2.77. The molecule has 30 heavy (non-hydrogen) atoms. The van der Waals surface area contributed by atoms with E-state index in [1.165, 1.54) is 19.8 Å². The lowest BCUT2D eigenvalue weighted by atomic mass is 10.1. The van der Waals surface area contributed by atoms with Gasteiger partial charge in [-0.1, -0.05) is 24.3 Å². The lowest BCUT2D eigenvalue weighted by Gasteiger charge is -2.32. The van der Waals surface area contributed by atoms with Gasteiger partial charge in [0.05, 0.1) is 26.9 Å². The van der Waals surface area contributed by atoms with Crippen LogP contribution in [0.5, 0.6) is 17.2 Å². The predicted molar refractivity (Wildman–Crippen MR) is 116 cm³/mol. The number of amides is 1. The smallest absolute Gasteiger partial charge is 0.255 e. The highest BCUT2D eigenvalue weighted by molar-refractivity contribution is 5.97. The van der Waals surface area contributed by atoms with E-state index in [0.29, 0.717) is 29.4 Å². The molecule has 7 nitrogen and oxygen atoms in total. The number of likely N-dealkylation sites (N-methyl/N-ethyl adjacent to an activating group) is 1. The van der Waals surface area contributed by atoms with Gasteiger partial charge in [0, 0.05) is 51.4 Å². The first-order chi connectivity index (χ1) is 14.5. The zero-order valence-electron chi connectivity index (χ0n) is 18.2. The molecule has 0 bridgehead atoms. The summed E-state index contributed by atoms with van der Waals surface area (Å²) in [5.41, 5.74) is 2.74. The maximum atomic E-state index is 12.7. The molecule has 0 aromatic heterocycles. The van der Waals surface area contributed by atoms with Gasteiger partial charge in [-0.3, -0.25) is 9.69 Å². The number of benzene rings is 2. The molecular formula is C23H31N3O4. The number of rotatable bonds is 8. The molecule has 7 heteroatoms. The Bertz CT molecular complexity index is 846. The van der Waals surface area contributed by atoms with Gasteiger partial charge in [0.25, 0.3) is 5.91 Å². The zero-order valence-corrected chi connectivity index (χ0v) is 18.2. The summed E-state index contributed by atoms with van der Waals surface area (Å²) in [6, 6.07) is 11.7. The SMILES string of the molecule is COc1cc(OC)c(C(=O)NCc2ccc(CN3CCN(C)CC3)cc2)cc1OC. The lowest BCUT2D eigenvalue weighted by molar-refractivity contribution is 0.0947. The molecule has 0 atom stereocenters. The number of carbonyl (C=O) groups is 1. The molecule has 0 aliphatic carbocycles. The van der Waals surface area contributed by atoms with Crippen molar-refractivity contribution in [3.63, 3.8) is 0 Å². The van der Waals surface area contributed by atoms with Crippen molar-refractivity contribution in [3.8, 4) is 17.2 Å². The van der Waals surface area contributed by atoms with Crippen LogP contribution in [0.4, 0.5) is 0 Å². The number of methoxy groups -OCH3 is 3. The zero-order chi connectivity index (χ0) is 21.5. The summed E-state index contributed by atoms with van der Waals surface area (Å²) < 4.78 is 15.9. The summed E-state index contributed by atoms with van der Waals surface area (Å²) in [6.45, 7) is 5.82. The van der Waals surface area contributed by atoms with Crippen molar-refractivity contribution in [2.45, 2.75) is 13.1 Å². The van der Waals surface area contributed by atoms with Crippen molar-refractivity contribution < 1.29 is 19.0 Å². The monoisotopic (exact) mass is 413 g/mol. The van der Waals surface area contributed by atoms with Gasteiger partial charge in [-0.25, -0.2) is 0 Å². The second-order valence-electron chi connectivity index (χ2n) is 7.49. The van der Waals surface area contributed by atoms with E-state index in [0.717, 1.165) is 38.3 Å². The van der Waals surface area contributed by atoms with Crippen molar-refractivity contribution in [2.75, 3.05) is 54.6 Å². The van der Waals surface area contributed by atoms with Crippen LogP contribution in [0.1, 0.15) is 21.5 Å². The summed E-state index contributed by atoms with van der Waals surface area (Å²) >= 11 is 0. The van der Waals surface area contributed by atoms with Crippen molar-refractivity contribution in [2.24, 2.45) is 0 Å². The van der Waals surface area contributed by atoms with Gasteiger partial charge in [-0.05, 0) is 18.2 Å². The van der Waals surface area contributed by atoms with Crippen LogP contribution in [0.2, 0.25) is 0 Å². The van der Waals surface area contributed by atoms with Gasteiger partial charge < -0.3 is 24.4 Å². The molecule has 2 aromatic carbocycles. The second kappa shape index (κ2) is 10.3. The Morgan fingerprint density at radius 2 is 1.43 bits per heavy atom. The molecule has 0 radical (unpaired) electrons. The van der Waals surface area contributed by atoms with E-state index in [1.807, 2.05) is 0 Å². The normalized spacial score (nSPS) is 14.9. The molecule has 3 rings (SSSR count). The summed E-state index contributed by atoms with van der Waals surface area (Å²) in [6.07, 6.45) is 0. The van der Waals surface area contributed by atoms with E-state index < -0.39 is 0 Å². The molecular weight excluding hydrogens is 382 g/mol. The maximum Gasteiger partial charge on any atom is 0.255 e. The van der Waals surface area contributed by atoms with E-state index >= 15 is 0 Å². The number of nitrogens with zero attached hydrogens (tertiary/aromatic N) is 2. The highest BCUT2D eigenvalue weighted by atomic mass is 16.5. The fourth-order valence-electron chi connectivity index (χ4n) is 3.51. The topological polar surface area (TPSA) is 63.3 Å². The van der Waals surface area contributed by atoms with E-state index in [4.69, 9.17) is 14.2 Å². The Morgan fingerprint density at radius 3 is 2.03 bits per heavy atom. The number of nitrogens with one attached hydrogen (secondary N) is 1. The van der Waals surface area contributed by atoms with Gasteiger partial charge in [0.15, 0.2) is 11.5 Å². The van der Waals surface area contributed by atoms with E-state index in [1.54, 1.807) is 19.2 Å². The van der Waals surface area contributed by atoms with Gasteiger partial charge in [0.1, 0.15) is 5.75 Å². The van der Waals surface area contributed by atoms with Crippen molar-refractivity contribution in [3.05, 3.63) is 53.1 Å². The molecule has 1 N–H and O–H groups in total. The first-order valence-electron chi connectivity index (χ1n) is 10.1. The van der Waals surface area contributed by atoms with Gasteiger partial charge >= 0.3 is 0 Å². The van der Waals surface area contributed by atoms with Crippen LogP contribution in [0.3, 0.4) is 0 Å². The van der Waals surface area contributed by atoms with E-state index in [9.17, 15) is 4.79 Å². The Labute approximate surface area is 178 Å². The predicted octanol–water partition coefficient (Wildman–Crippen LogP) is 2.39. The molecule has 2 aromatic rings. The molecule has 1 fully saturated rings.